The van der Waals surface area contributed by atoms with E-state index in [2.05, 4.69) is 10.3 Å². The van der Waals surface area contributed by atoms with Crippen LogP contribution in [0.15, 0.2) is 34.7 Å². The summed E-state index contributed by atoms with van der Waals surface area (Å²) in [6.45, 7) is 4.31. The number of carbonyl (C=O) groups is 1. The van der Waals surface area contributed by atoms with Gasteiger partial charge in [-0.05, 0) is 44.7 Å². The van der Waals surface area contributed by atoms with Gasteiger partial charge in [-0.1, -0.05) is 18.2 Å². The van der Waals surface area contributed by atoms with Crippen LogP contribution < -0.4 is 11.1 Å². The first-order valence-electron chi connectivity index (χ1n) is 8.04. The molecule has 1 aromatic heterocycles. The molecule has 0 bridgehead atoms. The molecule has 3 N–H and O–H groups in total. The van der Waals surface area contributed by atoms with E-state index in [4.69, 9.17) is 10.2 Å². The van der Waals surface area contributed by atoms with Crippen LogP contribution in [0.1, 0.15) is 31.2 Å². The lowest BCUT2D eigenvalue weighted by atomic mass is 9.95. The van der Waals surface area contributed by atoms with Gasteiger partial charge in [-0.25, -0.2) is 4.98 Å². The van der Waals surface area contributed by atoms with Gasteiger partial charge in [-0.15, -0.1) is 24.8 Å². The van der Waals surface area contributed by atoms with Crippen molar-refractivity contribution < 1.29 is 9.21 Å². The lowest BCUT2D eigenvalue weighted by Gasteiger charge is -2.29. The largest absolute Gasteiger partial charge is 0.441 e. The fraction of sp³-hybridized carbons (Fsp3) is 0.444. The summed E-state index contributed by atoms with van der Waals surface area (Å²) in [6, 6.07) is 9.69. The minimum atomic E-state index is -0.309. The van der Waals surface area contributed by atoms with Crippen molar-refractivity contribution in [3.8, 4) is 11.5 Å². The summed E-state index contributed by atoms with van der Waals surface area (Å²) in [5.74, 6) is 1.67. The molecular formula is C18H25Cl2N3O2. The number of hydrogen-bond acceptors (Lipinski definition) is 4. The van der Waals surface area contributed by atoms with Gasteiger partial charge >= 0.3 is 0 Å². The van der Waals surface area contributed by atoms with Crippen molar-refractivity contribution in [3.05, 3.63) is 41.8 Å². The van der Waals surface area contributed by atoms with Crippen LogP contribution in [-0.4, -0.2) is 23.0 Å². The number of nitrogens with two attached hydrogens (primary N) is 1. The molecule has 7 heteroatoms. The van der Waals surface area contributed by atoms with Crippen molar-refractivity contribution in [3.63, 3.8) is 0 Å². The molecule has 3 rings (SSSR count). The Balaban J connectivity index is 0.00000156. The average molecular weight is 386 g/mol. The SMILES string of the molecule is Cc1oc(-c2ccccc2)nc1CC(=O)NC(C)(CN)C1CC1.Cl.Cl. The molecular weight excluding hydrogens is 361 g/mol. The van der Waals surface area contributed by atoms with Crippen molar-refractivity contribution in [2.45, 2.75) is 38.6 Å². The molecule has 25 heavy (non-hydrogen) atoms. The van der Waals surface area contributed by atoms with E-state index in [9.17, 15) is 4.79 Å². The van der Waals surface area contributed by atoms with Gasteiger partial charge in [-0.3, -0.25) is 4.79 Å². The maximum atomic E-state index is 12.4. The molecule has 0 saturated heterocycles. The Labute approximate surface area is 160 Å². The van der Waals surface area contributed by atoms with E-state index < -0.39 is 0 Å². The Morgan fingerprint density at radius 1 is 1.32 bits per heavy atom. The maximum Gasteiger partial charge on any atom is 0.226 e. The van der Waals surface area contributed by atoms with Gasteiger partial charge in [0.05, 0.1) is 17.7 Å². The topological polar surface area (TPSA) is 81.2 Å². The van der Waals surface area contributed by atoms with Gasteiger partial charge in [0.1, 0.15) is 5.76 Å². The van der Waals surface area contributed by atoms with Crippen molar-refractivity contribution in [2.75, 3.05) is 6.54 Å². The van der Waals surface area contributed by atoms with E-state index in [0.29, 0.717) is 29.8 Å². The second-order valence-corrected chi connectivity index (χ2v) is 6.51. The minimum absolute atomic E-state index is 0. The van der Waals surface area contributed by atoms with Gasteiger partial charge in [-0.2, -0.15) is 0 Å². The lowest BCUT2D eigenvalue weighted by molar-refractivity contribution is -0.122. The Kier molecular flexibility index (Phi) is 7.47. The highest BCUT2D eigenvalue weighted by Gasteiger charge is 2.41. The zero-order chi connectivity index (χ0) is 16.4. The molecule has 1 aliphatic carbocycles. The number of oxazole rings is 1. The Bertz CT molecular complexity index is 702. The van der Waals surface area contributed by atoms with Crippen LogP contribution in [0.3, 0.4) is 0 Å². The molecule has 1 saturated carbocycles. The third kappa shape index (κ3) is 4.97. The molecule has 138 valence electrons. The highest BCUT2D eigenvalue weighted by Crippen LogP contribution is 2.39. The highest BCUT2D eigenvalue weighted by atomic mass is 35.5. The van der Waals surface area contributed by atoms with Gasteiger partial charge in [0.25, 0.3) is 0 Å². The van der Waals surface area contributed by atoms with Gasteiger partial charge in [0, 0.05) is 12.1 Å². The van der Waals surface area contributed by atoms with E-state index in [1.165, 1.54) is 0 Å². The van der Waals surface area contributed by atoms with Crippen LogP contribution in [0, 0.1) is 12.8 Å². The number of amides is 1. The summed E-state index contributed by atoms with van der Waals surface area (Å²) < 4.78 is 5.70. The summed E-state index contributed by atoms with van der Waals surface area (Å²) in [5.41, 5.74) is 7.13. The lowest BCUT2D eigenvalue weighted by Crippen LogP contribution is -2.53. The van der Waals surface area contributed by atoms with E-state index in [1.807, 2.05) is 44.2 Å². The van der Waals surface area contributed by atoms with Crippen LogP contribution >= 0.6 is 24.8 Å². The zero-order valence-corrected chi connectivity index (χ0v) is 16.1. The number of nitrogens with zero attached hydrogens (tertiary/aromatic N) is 1. The summed E-state index contributed by atoms with van der Waals surface area (Å²) in [4.78, 5) is 16.8. The molecule has 1 aliphatic rings. The predicted octanol–water partition coefficient (Wildman–Crippen LogP) is 3.28. The smallest absolute Gasteiger partial charge is 0.226 e. The Hall–Kier alpha value is -1.56. The van der Waals surface area contributed by atoms with Crippen LogP contribution in [0.4, 0.5) is 0 Å². The highest BCUT2D eigenvalue weighted by molar-refractivity contribution is 5.85. The first kappa shape index (κ1) is 21.5. The van der Waals surface area contributed by atoms with Gasteiger partial charge in [0.15, 0.2) is 0 Å². The summed E-state index contributed by atoms with van der Waals surface area (Å²) in [7, 11) is 0. The molecule has 2 aromatic rings. The molecule has 1 heterocycles. The number of halogens is 2. The normalized spacial score (nSPS) is 15.5. The molecule has 1 fully saturated rings. The predicted molar refractivity (Wildman–Crippen MR) is 103 cm³/mol. The van der Waals surface area contributed by atoms with Crippen molar-refractivity contribution in [1.82, 2.24) is 10.3 Å². The number of benzene rings is 1. The first-order valence-corrected chi connectivity index (χ1v) is 8.04. The number of carbonyl (C=O) groups excluding carboxylic acids is 1. The second-order valence-electron chi connectivity index (χ2n) is 6.51. The van der Waals surface area contributed by atoms with Crippen molar-refractivity contribution in [2.24, 2.45) is 11.7 Å². The quantitative estimate of drug-likeness (QED) is 0.799. The molecule has 1 amide bonds. The summed E-state index contributed by atoms with van der Waals surface area (Å²) in [5, 5.41) is 3.08. The summed E-state index contributed by atoms with van der Waals surface area (Å²) in [6.07, 6.45) is 2.48. The van der Waals surface area contributed by atoms with Gasteiger partial charge < -0.3 is 15.5 Å². The summed E-state index contributed by atoms with van der Waals surface area (Å²) >= 11 is 0. The van der Waals surface area contributed by atoms with Crippen LogP contribution in [0.2, 0.25) is 0 Å². The van der Waals surface area contributed by atoms with E-state index >= 15 is 0 Å². The number of aromatic nitrogens is 1. The van der Waals surface area contributed by atoms with Crippen LogP contribution in [0.25, 0.3) is 11.5 Å². The third-order valence-corrected chi connectivity index (χ3v) is 4.57. The molecule has 1 unspecified atom stereocenters. The molecule has 0 aliphatic heterocycles. The molecule has 0 spiro atoms. The fourth-order valence-electron chi connectivity index (χ4n) is 2.85. The van der Waals surface area contributed by atoms with Crippen molar-refractivity contribution in [1.29, 1.82) is 0 Å². The minimum Gasteiger partial charge on any atom is -0.441 e. The molecule has 5 nitrogen and oxygen atoms in total. The number of nitrogens with one attached hydrogen (secondary N) is 1. The number of hydrogen-bond donors (Lipinski definition) is 2. The zero-order valence-electron chi connectivity index (χ0n) is 14.5. The Morgan fingerprint density at radius 3 is 2.52 bits per heavy atom. The van der Waals surface area contributed by atoms with E-state index in [1.54, 1.807) is 0 Å². The maximum absolute atomic E-state index is 12.4. The van der Waals surface area contributed by atoms with Crippen molar-refractivity contribution >= 4 is 30.7 Å². The molecule has 1 aromatic carbocycles. The molecule has 0 radical (unpaired) electrons. The van der Waals surface area contributed by atoms with E-state index in [-0.39, 0.29) is 42.7 Å². The second kappa shape index (κ2) is 8.70. The third-order valence-electron chi connectivity index (χ3n) is 4.57. The first-order chi connectivity index (χ1) is 11.0. The number of rotatable bonds is 6. The molecule has 1 atom stereocenters. The number of aryl methyl sites for hydroxylation is 1. The Morgan fingerprint density at radius 2 is 1.96 bits per heavy atom. The van der Waals surface area contributed by atoms with E-state index in [0.717, 1.165) is 18.4 Å². The van der Waals surface area contributed by atoms with Gasteiger partial charge in [0.2, 0.25) is 11.8 Å². The standard InChI is InChI=1S/C18H23N3O2.2ClH/c1-12-15(20-17(23-12)13-6-4-3-5-7-13)10-16(22)21-18(2,11-19)14-8-9-14;;/h3-7,14H,8-11,19H2,1-2H3,(H,21,22);2*1H. The monoisotopic (exact) mass is 385 g/mol. The van der Waals surface area contributed by atoms with Crippen LogP contribution in [0.5, 0.6) is 0 Å². The average Bonchev–Trinajstić information content (AvgIpc) is 3.34. The van der Waals surface area contributed by atoms with Crippen LogP contribution in [-0.2, 0) is 11.2 Å². The fourth-order valence-corrected chi connectivity index (χ4v) is 2.85.